The zero-order valence-electron chi connectivity index (χ0n) is 14.7. The van der Waals surface area contributed by atoms with Crippen molar-refractivity contribution in [3.63, 3.8) is 0 Å². The van der Waals surface area contributed by atoms with Gasteiger partial charge in [-0.1, -0.05) is 18.2 Å². The van der Waals surface area contributed by atoms with E-state index in [9.17, 15) is 14.7 Å². The predicted molar refractivity (Wildman–Crippen MR) is 97.2 cm³/mol. The zero-order valence-corrected chi connectivity index (χ0v) is 14.7. The van der Waals surface area contributed by atoms with Crippen LogP contribution in [0.1, 0.15) is 31.8 Å². The van der Waals surface area contributed by atoms with E-state index in [1.54, 1.807) is 35.2 Å². The molecule has 0 spiro atoms. The fraction of sp³-hybridized carbons (Fsp3) is 0.300. The molecule has 26 heavy (non-hydrogen) atoms. The molecular weight excluding hydrogens is 332 g/mol. The maximum Gasteiger partial charge on any atom is 0.255 e. The summed E-state index contributed by atoms with van der Waals surface area (Å²) in [6.07, 6.45) is 0. The summed E-state index contributed by atoms with van der Waals surface area (Å²) in [6, 6.07) is 12.1. The standard InChI is InChI=1S/C20H22N2O4/c1-14-2-7-17(18(23)12-14)19(24)21-13-15-3-5-16(6-4-15)20(25)22-8-10-26-11-9-22/h2-7,12,23H,8-11,13H2,1H3,(H,21,24). The van der Waals surface area contributed by atoms with E-state index in [-0.39, 0.29) is 23.1 Å². The van der Waals surface area contributed by atoms with E-state index in [4.69, 9.17) is 4.74 Å². The van der Waals surface area contributed by atoms with Gasteiger partial charge in [-0.25, -0.2) is 0 Å². The lowest BCUT2D eigenvalue weighted by Crippen LogP contribution is -2.40. The number of benzene rings is 2. The van der Waals surface area contributed by atoms with Crippen molar-refractivity contribution >= 4 is 11.8 Å². The van der Waals surface area contributed by atoms with Gasteiger partial charge in [-0.15, -0.1) is 0 Å². The molecule has 1 aliphatic heterocycles. The van der Waals surface area contributed by atoms with Crippen LogP contribution < -0.4 is 5.32 Å². The summed E-state index contributed by atoms with van der Waals surface area (Å²) in [6.45, 7) is 4.52. The molecule has 2 amide bonds. The number of aryl methyl sites for hydroxylation is 1. The first kappa shape index (κ1) is 17.9. The first-order chi connectivity index (χ1) is 12.5. The lowest BCUT2D eigenvalue weighted by atomic mass is 10.1. The highest BCUT2D eigenvalue weighted by Gasteiger charge is 2.18. The maximum absolute atomic E-state index is 12.4. The number of nitrogens with one attached hydrogen (secondary N) is 1. The fourth-order valence-corrected chi connectivity index (χ4v) is 2.83. The summed E-state index contributed by atoms with van der Waals surface area (Å²) in [5, 5.41) is 12.6. The van der Waals surface area contributed by atoms with E-state index < -0.39 is 0 Å². The summed E-state index contributed by atoms with van der Waals surface area (Å²) in [4.78, 5) is 26.4. The SMILES string of the molecule is Cc1ccc(C(=O)NCc2ccc(C(=O)N3CCOCC3)cc2)c(O)c1. The Morgan fingerprint density at radius 2 is 1.81 bits per heavy atom. The van der Waals surface area contributed by atoms with Crippen LogP contribution in [0.25, 0.3) is 0 Å². The Labute approximate surface area is 152 Å². The minimum absolute atomic E-state index is 0.00605. The molecule has 0 radical (unpaired) electrons. The first-order valence-electron chi connectivity index (χ1n) is 8.58. The lowest BCUT2D eigenvalue weighted by molar-refractivity contribution is 0.0303. The maximum atomic E-state index is 12.4. The number of carbonyl (C=O) groups excluding carboxylic acids is 2. The molecule has 2 N–H and O–H groups in total. The molecular formula is C20H22N2O4. The molecule has 3 rings (SSSR count). The monoisotopic (exact) mass is 354 g/mol. The molecule has 2 aromatic carbocycles. The van der Waals surface area contributed by atoms with Crippen molar-refractivity contribution in [2.45, 2.75) is 13.5 Å². The summed E-state index contributed by atoms with van der Waals surface area (Å²) in [5.41, 5.74) is 2.64. The van der Waals surface area contributed by atoms with Crippen molar-refractivity contribution in [2.75, 3.05) is 26.3 Å². The highest BCUT2D eigenvalue weighted by molar-refractivity contribution is 5.97. The third kappa shape index (κ3) is 4.21. The Hall–Kier alpha value is -2.86. The number of phenolic OH excluding ortho intramolecular Hbond substituents is 1. The number of hydrogen-bond donors (Lipinski definition) is 2. The summed E-state index contributed by atoms with van der Waals surface area (Å²) < 4.78 is 5.26. The van der Waals surface area contributed by atoms with Crippen molar-refractivity contribution in [1.29, 1.82) is 0 Å². The number of ether oxygens (including phenoxy) is 1. The molecule has 1 heterocycles. The van der Waals surface area contributed by atoms with E-state index >= 15 is 0 Å². The van der Waals surface area contributed by atoms with Crippen LogP contribution in [0.5, 0.6) is 5.75 Å². The van der Waals surface area contributed by atoms with Crippen molar-refractivity contribution in [3.8, 4) is 5.75 Å². The largest absolute Gasteiger partial charge is 0.507 e. The van der Waals surface area contributed by atoms with Crippen LogP contribution in [0.3, 0.4) is 0 Å². The van der Waals surface area contributed by atoms with Gasteiger partial charge >= 0.3 is 0 Å². The molecule has 136 valence electrons. The van der Waals surface area contributed by atoms with Crippen molar-refractivity contribution in [3.05, 3.63) is 64.7 Å². The van der Waals surface area contributed by atoms with Gasteiger partial charge in [-0.05, 0) is 42.3 Å². The minimum Gasteiger partial charge on any atom is -0.507 e. The van der Waals surface area contributed by atoms with Crippen molar-refractivity contribution in [1.82, 2.24) is 10.2 Å². The molecule has 1 saturated heterocycles. The van der Waals surface area contributed by atoms with Gasteiger partial charge in [-0.2, -0.15) is 0 Å². The van der Waals surface area contributed by atoms with Gasteiger partial charge in [0.25, 0.3) is 11.8 Å². The third-order valence-electron chi connectivity index (χ3n) is 4.35. The molecule has 2 aromatic rings. The van der Waals surface area contributed by atoms with E-state index in [0.29, 0.717) is 38.4 Å². The van der Waals surface area contributed by atoms with Gasteiger partial charge in [0.15, 0.2) is 0 Å². The van der Waals surface area contributed by atoms with Crippen LogP contribution in [0.2, 0.25) is 0 Å². The number of morpholine rings is 1. The second-order valence-corrected chi connectivity index (χ2v) is 6.30. The Morgan fingerprint density at radius 3 is 2.46 bits per heavy atom. The Kier molecular flexibility index (Phi) is 5.53. The normalized spacial score (nSPS) is 14.1. The average Bonchev–Trinajstić information content (AvgIpc) is 2.66. The van der Waals surface area contributed by atoms with Crippen LogP contribution in [0, 0.1) is 6.92 Å². The molecule has 0 aliphatic carbocycles. The highest BCUT2D eigenvalue weighted by Crippen LogP contribution is 2.18. The molecule has 6 heteroatoms. The van der Waals surface area contributed by atoms with E-state index in [2.05, 4.69) is 5.32 Å². The quantitative estimate of drug-likeness (QED) is 0.881. The van der Waals surface area contributed by atoms with Crippen molar-refractivity contribution in [2.24, 2.45) is 0 Å². The van der Waals surface area contributed by atoms with Crippen LogP contribution in [0.4, 0.5) is 0 Å². The number of phenols is 1. The second kappa shape index (κ2) is 8.01. The highest BCUT2D eigenvalue weighted by atomic mass is 16.5. The van der Waals surface area contributed by atoms with Crippen LogP contribution in [-0.4, -0.2) is 48.1 Å². The topological polar surface area (TPSA) is 78.9 Å². The van der Waals surface area contributed by atoms with E-state index in [0.717, 1.165) is 11.1 Å². The third-order valence-corrected chi connectivity index (χ3v) is 4.35. The predicted octanol–water partition coefficient (Wildman–Crippen LogP) is 2.10. The number of nitrogens with zero attached hydrogens (tertiary/aromatic N) is 1. The molecule has 6 nitrogen and oxygen atoms in total. The number of hydrogen-bond acceptors (Lipinski definition) is 4. The van der Waals surface area contributed by atoms with Gasteiger partial charge < -0.3 is 20.1 Å². The van der Waals surface area contributed by atoms with Gasteiger partial charge in [0.2, 0.25) is 0 Å². The molecule has 1 aliphatic rings. The molecule has 0 bridgehead atoms. The number of rotatable bonds is 4. The fourth-order valence-electron chi connectivity index (χ4n) is 2.83. The molecule has 0 aromatic heterocycles. The summed E-state index contributed by atoms with van der Waals surface area (Å²) in [5.74, 6) is -0.376. The number of amides is 2. The van der Waals surface area contributed by atoms with Crippen LogP contribution in [0.15, 0.2) is 42.5 Å². The van der Waals surface area contributed by atoms with Gasteiger partial charge in [0.05, 0.1) is 18.8 Å². The lowest BCUT2D eigenvalue weighted by Gasteiger charge is -2.26. The Morgan fingerprint density at radius 1 is 1.12 bits per heavy atom. The molecule has 1 fully saturated rings. The molecule has 0 unspecified atom stereocenters. The van der Waals surface area contributed by atoms with Crippen LogP contribution >= 0.6 is 0 Å². The Balaban J connectivity index is 1.58. The summed E-state index contributed by atoms with van der Waals surface area (Å²) in [7, 11) is 0. The van der Waals surface area contributed by atoms with Crippen LogP contribution in [-0.2, 0) is 11.3 Å². The van der Waals surface area contributed by atoms with Gasteiger partial charge in [-0.3, -0.25) is 9.59 Å². The first-order valence-corrected chi connectivity index (χ1v) is 8.58. The molecule has 0 saturated carbocycles. The van der Waals surface area contributed by atoms with E-state index in [1.807, 2.05) is 19.1 Å². The average molecular weight is 354 g/mol. The Bertz CT molecular complexity index is 796. The van der Waals surface area contributed by atoms with Gasteiger partial charge in [0.1, 0.15) is 5.75 Å². The number of aromatic hydroxyl groups is 1. The zero-order chi connectivity index (χ0) is 18.5. The minimum atomic E-state index is -0.337. The summed E-state index contributed by atoms with van der Waals surface area (Å²) >= 11 is 0. The van der Waals surface area contributed by atoms with E-state index in [1.165, 1.54) is 0 Å². The van der Waals surface area contributed by atoms with Gasteiger partial charge in [0, 0.05) is 25.2 Å². The second-order valence-electron chi connectivity index (χ2n) is 6.30. The number of carbonyl (C=O) groups is 2. The molecule has 0 atom stereocenters. The smallest absolute Gasteiger partial charge is 0.255 e. The van der Waals surface area contributed by atoms with Crippen molar-refractivity contribution < 1.29 is 19.4 Å².